The Labute approximate surface area is 170 Å². The van der Waals surface area contributed by atoms with Crippen molar-refractivity contribution in [1.29, 1.82) is 0 Å². The number of rotatable bonds is 10. The predicted octanol–water partition coefficient (Wildman–Crippen LogP) is 3.58. The van der Waals surface area contributed by atoms with E-state index in [9.17, 15) is 19.7 Å². The van der Waals surface area contributed by atoms with Gasteiger partial charge in [-0.2, -0.15) is 0 Å². The molecule has 0 saturated heterocycles. The van der Waals surface area contributed by atoms with Crippen LogP contribution in [-0.2, 0) is 9.59 Å². The van der Waals surface area contributed by atoms with Gasteiger partial charge in [0.1, 0.15) is 5.69 Å². The summed E-state index contributed by atoms with van der Waals surface area (Å²) in [5, 5.41) is 16.8. The van der Waals surface area contributed by atoms with Crippen molar-refractivity contribution in [2.24, 2.45) is 0 Å². The molecule has 0 spiro atoms. The predicted molar refractivity (Wildman–Crippen MR) is 113 cm³/mol. The van der Waals surface area contributed by atoms with E-state index < -0.39 is 4.92 Å². The molecule has 0 bridgehead atoms. The second kappa shape index (κ2) is 10.8. The van der Waals surface area contributed by atoms with Crippen LogP contribution < -0.4 is 10.6 Å². The van der Waals surface area contributed by atoms with Crippen molar-refractivity contribution < 1.29 is 14.5 Å². The lowest BCUT2D eigenvalue weighted by Gasteiger charge is -2.22. The summed E-state index contributed by atoms with van der Waals surface area (Å²) in [4.78, 5) is 37.0. The number of benzene rings is 2. The van der Waals surface area contributed by atoms with Crippen LogP contribution in [-0.4, -0.2) is 41.3 Å². The molecule has 0 fully saturated rings. The molecular weight excluding hydrogens is 372 g/mol. The first kappa shape index (κ1) is 21.9. The van der Waals surface area contributed by atoms with E-state index >= 15 is 0 Å². The van der Waals surface area contributed by atoms with Crippen LogP contribution in [0.1, 0.15) is 25.3 Å². The van der Waals surface area contributed by atoms with Gasteiger partial charge in [0.2, 0.25) is 11.8 Å². The number of anilines is 2. The molecule has 0 aliphatic heterocycles. The highest BCUT2D eigenvalue weighted by molar-refractivity contribution is 5.95. The Morgan fingerprint density at radius 3 is 2.38 bits per heavy atom. The molecule has 2 rings (SSSR count). The Balaban J connectivity index is 1.91. The molecule has 0 aliphatic rings. The number of amides is 2. The Hall–Kier alpha value is -3.42. The molecule has 8 heteroatoms. The van der Waals surface area contributed by atoms with Crippen LogP contribution in [0.25, 0.3) is 0 Å². The molecular formula is C21H26N4O4. The van der Waals surface area contributed by atoms with Gasteiger partial charge in [-0.15, -0.1) is 0 Å². The van der Waals surface area contributed by atoms with Gasteiger partial charge in [-0.3, -0.25) is 19.7 Å². The zero-order chi connectivity index (χ0) is 21.2. The van der Waals surface area contributed by atoms with Crippen molar-refractivity contribution in [2.75, 3.05) is 30.3 Å². The van der Waals surface area contributed by atoms with Crippen LogP contribution >= 0.6 is 0 Å². The van der Waals surface area contributed by atoms with Crippen LogP contribution in [0.2, 0.25) is 0 Å². The smallest absolute Gasteiger partial charge is 0.292 e. The largest absolute Gasteiger partial charge is 0.379 e. The van der Waals surface area contributed by atoms with E-state index in [0.29, 0.717) is 12.2 Å². The van der Waals surface area contributed by atoms with Gasteiger partial charge in [-0.1, -0.05) is 37.3 Å². The maximum atomic E-state index is 12.6. The van der Waals surface area contributed by atoms with Gasteiger partial charge in [0.15, 0.2) is 0 Å². The summed E-state index contributed by atoms with van der Waals surface area (Å²) < 4.78 is 0. The highest BCUT2D eigenvalue weighted by atomic mass is 16.6. The number of para-hydroxylation sites is 3. The summed E-state index contributed by atoms with van der Waals surface area (Å²) in [7, 11) is 0. The average Bonchev–Trinajstić information content (AvgIpc) is 2.69. The summed E-state index contributed by atoms with van der Waals surface area (Å²) in [6, 6.07) is 13.7. The third-order valence-corrected chi connectivity index (χ3v) is 4.35. The Kier molecular flexibility index (Phi) is 8.14. The number of hydrogen-bond acceptors (Lipinski definition) is 5. The average molecular weight is 398 g/mol. The fourth-order valence-electron chi connectivity index (χ4n) is 2.88. The number of carbonyl (C=O) groups excluding carboxylic acids is 2. The summed E-state index contributed by atoms with van der Waals surface area (Å²) in [6.45, 7) is 4.51. The van der Waals surface area contributed by atoms with Crippen molar-refractivity contribution >= 4 is 28.9 Å². The number of aryl methyl sites for hydroxylation is 1. The standard InChI is InChI=1S/C21H26N4O4/c1-3-14-24(15-20(26)23-17-9-5-4-8-16(17)2)21(27)12-13-22-18-10-6-7-11-19(18)25(28)29/h4-11,22H,3,12-15H2,1-2H3,(H,23,26). The van der Waals surface area contributed by atoms with E-state index in [2.05, 4.69) is 10.6 Å². The van der Waals surface area contributed by atoms with Crippen molar-refractivity contribution in [3.05, 3.63) is 64.2 Å². The minimum Gasteiger partial charge on any atom is -0.379 e. The summed E-state index contributed by atoms with van der Waals surface area (Å²) >= 11 is 0. The molecule has 29 heavy (non-hydrogen) atoms. The molecule has 2 amide bonds. The second-order valence-corrected chi connectivity index (χ2v) is 6.63. The van der Waals surface area contributed by atoms with Crippen LogP contribution in [0.15, 0.2) is 48.5 Å². The Morgan fingerprint density at radius 2 is 1.72 bits per heavy atom. The lowest BCUT2D eigenvalue weighted by Crippen LogP contribution is -2.39. The van der Waals surface area contributed by atoms with Gasteiger partial charge >= 0.3 is 0 Å². The topological polar surface area (TPSA) is 105 Å². The van der Waals surface area contributed by atoms with Crippen LogP contribution in [0.4, 0.5) is 17.1 Å². The summed E-state index contributed by atoms with van der Waals surface area (Å²) in [6.07, 6.45) is 0.852. The maximum Gasteiger partial charge on any atom is 0.292 e. The molecule has 0 aliphatic carbocycles. The van der Waals surface area contributed by atoms with Gasteiger partial charge in [-0.25, -0.2) is 0 Å². The molecule has 2 aromatic rings. The SMILES string of the molecule is CCCN(CC(=O)Nc1ccccc1C)C(=O)CCNc1ccccc1[N+](=O)[O-]. The van der Waals surface area contributed by atoms with E-state index in [0.717, 1.165) is 17.7 Å². The minimum absolute atomic E-state index is 0.0352. The maximum absolute atomic E-state index is 12.6. The molecule has 0 unspecified atom stereocenters. The third kappa shape index (κ3) is 6.60. The van der Waals surface area contributed by atoms with E-state index in [4.69, 9.17) is 0 Å². The highest BCUT2D eigenvalue weighted by Crippen LogP contribution is 2.23. The van der Waals surface area contributed by atoms with Gasteiger partial charge in [0.25, 0.3) is 5.69 Å². The normalized spacial score (nSPS) is 10.3. The lowest BCUT2D eigenvalue weighted by atomic mass is 10.2. The molecule has 154 valence electrons. The number of nitrogens with one attached hydrogen (secondary N) is 2. The molecule has 0 atom stereocenters. The van der Waals surface area contributed by atoms with Crippen LogP contribution in [0.3, 0.4) is 0 Å². The number of nitro benzene ring substituents is 1. The van der Waals surface area contributed by atoms with Gasteiger partial charge < -0.3 is 15.5 Å². The first-order chi connectivity index (χ1) is 13.9. The first-order valence-corrected chi connectivity index (χ1v) is 9.53. The highest BCUT2D eigenvalue weighted by Gasteiger charge is 2.18. The fraction of sp³-hybridized carbons (Fsp3) is 0.333. The molecule has 0 radical (unpaired) electrons. The molecule has 2 aromatic carbocycles. The summed E-state index contributed by atoms with van der Waals surface area (Å²) in [5.41, 5.74) is 2.00. The monoisotopic (exact) mass is 398 g/mol. The van der Waals surface area contributed by atoms with Gasteiger partial charge in [0, 0.05) is 31.3 Å². The Morgan fingerprint density at radius 1 is 1.07 bits per heavy atom. The first-order valence-electron chi connectivity index (χ1n) is 9.53. The van der Waals surface area contributed by atoms with Crippen molar-refractivity contribution in [1.82, 2.24) is 4.90 Å². The van der Waals surface area contributed by atoms with Crippen LogP contribution in [0.5, 0.6) is 0 Å². The molecule has 0 saturated carbocycles. The van der Waals surface area contributed by atoms with E-state index in [-0.39, 0.29) is 37.0 Å². The van der Waals surface area contributed by atoms with Gasteiger partial charge in [-0.05, 0) is 31.0 Å². The van der Waals surface area contributed by atoms with E-state index in [1.165, 1.54) is 11.0 Å². The second-order valence-electron chi connectivity index (χ2n) is 6.63. The van der Waals surface area contributed by atoms with Crippen molar-refractivity contribution in [3.8, 4) is 0 Å². The molecule has 0 aromatic heterocycles. The van der Waals surface area contributed by atoms with Crippen molar-refractivity contribution in [3.63, 3.8) is 0 Å². The number of carbonyl (C=O) groups is 2. The number of nitro groups is 1. The zero-order valence-electron chi connectivity index (χ0n) is 16.7. The minimum atomic E-state index is -0.469. The van der Waals surface area contributed by atoms with Gasteiger partial charge in [0.05, 0.1) is 11.5 Å². The fourth-order valence-corrected chi connectivity index (χ4v) is 2.88. The zero-order valence-corrected chi connectivity index (χ0v) is 16.7. The molecule has 2 N–H and O–H groups in total. The molecule has 0 heterocycles. The third-order valence-electron chi connectivity index (χ3n) is 4.35. The Bertz CT molecular complexity index is 869. The number of nitrogens with zero attached hydrogens (tertiary/aromatic N) is 2. The van der Waals surface area contributed by atoms with Crippen LogP contribution in [0, 0.1) is 17.0 Å². The van der Waals surface area contributed by atoms with E-state index in [1.807, 2.05) is 38.1 Å². The quantitative estimate of drug-likeness (QED) is 0.470. The lowest BCUT2D eigenvalue weighted by molar-refractivity contribution is -0.384. The van der Waals surface area contributed by atoms with E-state index in [1.54, 1.807) is 18.2 Å². The molecule has 8 nitrogen and oxygen atoms in total. The summed E-state index contributed by atoms with van der Waals surface area (Å²) in [5.74, 6) is -0.439. The van der Waals surface area contributed by atoms with Crippen molar-refractivity contribution in [2.45, 2.75) is 26.7 Å². The number of hydrogen-bond donors (Lipinski definition) is 2.